The van der Waals surface area contributed by atoms with Crippen molar-refractivity contribution in [3.63, 3.8) is 0 Å². The van der Waals surface area contributed by atoms with Crippen LogP contribution in [0.2, 0.25) is 0 Å². The Hall–Kier alpha value is -5.09. The van der Waals surface area contributed by atoms with Crippen molar-refractivity contribution in [2.45, 2.75) is 6.92 Å². The van der Waals surface area contributed by atoms with Gasteiger partial charge in [-0.2, -0.15) is 0 Å². The lowest BCUT2D eigenvalue weighted by Crippen LogP contribution is -2.30. The molecule has 0 fully saturated rings. The highest BCUT2D eigenvalue weighted by molar-refractivity contribution is 6.13. The second-order valence-corrected chi connectivity index (χ2v) is 10.4. The van der Waals surface area contributed by atoms with Crippen LogP contribution in [-0.4, -0.2) is 0 Å². The van der Waals surface area contributed by atoms with Gasteiger partial charge in [-0.3, -0.25) is 0 Å². The zero-order valence-corrected chi connectivity index (χ0v) is 22.7. The minimum Gasteiger partial charge on any atom is -0.454 e. The van der Waals surface area contributed by atoms with Crippen molar-refractivity contribution >= 4 is 21.9 Å². The third-order valence-electron chi connectivity index (χ3n) is 7.83. The minimum atomic E-state index is -0.355. The number of hydrogen-bond donors (Lipinski definition) is 0. The summed E-state index contributed by atoms with van der Waals surface area (Å²) in [6.07, 6.45) is 1.69. The van der Waals surface area contributed by atoms with Gasteiger partial charge in [-0.05, 0) is 52.4 Å². The minimum absolute atomic E-state index is 0.327. The highest BCUT2D eigenvalue weighted by atomic mass is 19.1. The monoisotopic (exact) mass is 538 g/mol. The summed E-state index contributed by atoms with van der Waals surface area (Å²) in [5, 5.41) is 1.68. The molecular weight excluding hydrogens is 512 g/mol. The number of aromatic nitrogens is 1. The molecule has 7 rings (SSSR count). The first-order chi connectivity index (χ1) is 20.0. The van der Waals surface area contributed by atoms with Gasteiger partial charge in [0.1, 0.15) is 29.8 Å². The van der Waals surface area contributed by atoms with Gasteiger partial charge >= 0.3 is 0 Å². The molecule has 2 aromatic heterocycles. The fourth-order valence-corrected chi connectivity index (χ4v) is 5.67. The van der Waals surface area contributed by atoms with Gasteiger partial charge in [0.2, 0.25) is 5.69 Å². The summed E-state index contributed by atoms with van der Waals surface area (Å²) in [5.74, 6) is -0.682. The van der Waals surface area contributed by atoms with Crippen molar-refractivity contribution < 1.29 is 17.8 Å². The van der Waals surface area contributed by atoms with E-state index in [1.807, 2.05) is 73.1 Å². The number of benzene rings is 5. The first kappa shape index (κ1) is 24.9. The van der Waals surface area contributed by atoms with Crippen molar-refractivity contribution in [3.05, 3.63) is 139 Å². The summed E-state index contributed by atoms with van der Waals surface area (Å²) in [7, 11) is 1.87. The quantitative estimate of drug-likeness (QED) is 0.204. The van der Waals surface area contributed by atoms with Crippen LogP contribution in [0.3, 0.4) is 0 Å². The Morgan fingerprint density at radius 3 is 1.73 bits per heavy atom. The molecule has 41 heavy (non-hydrogen) atoms. The SMILES string of the molecule is Cc1ccc2c(oc3c(-c4ccc(-c5ccc(-c6ccccc6)cc5)cc4)c(F)ccc32)c1-c1cc(F)cc[n+]1C. The summed E-state index contributed by atoms with van der Waals surface area (Å²) in [4.78, 5) is 0. The van der Waals surface area contributed by atoms with Crippen LogP contribution in [0.4, 0.5) is 8.78 Å². The Bertz CT molecular complexity index is 2060. The number of furan rings is 1. The molecule has 0 saturated carbocycles. The van der Waals surface area contributed by atoms with Crippen molar-refractivity contribution in [1.82, 2.24) is 0 Å². The highest BCUT2D eigenvalue weighted by Gasteiger charge is 2.23. The number of hydrogen-bond acceptors (Lipinski definition) is 1. The summed E-state index contributed by atoms with van der Waals surface area (Å²) >= 11 is 0. The molecule has 7 aromatic rings. The van der Waals surface area contributed by atoms with Gasteiger partial charge in [0.15, 0.2) is 6.20 Å². The van der Waals surface area contributed by atoms with Crippen LogP contribution in [0.15, 0.2) is 126 Å². The Kier molecular flexibility index (Phi) is 5.97. The van der Waals surface area contributed by atoms with Crippen LogP contribution in [-0.2, 0) is 7.05 Å². The second kappa shape index (κ2) is 9.83. The van der Waals surface area contributed by atoms with Gasteiger partial charge in [-0.15, -0.1) is 0 Å². The zero-order chi connectivity index (χ0) is 28.1. The third kappa shape index (κ3) is 4.29. The molecule has 0 amide bonds. The van der Waals surface area contributed by atoms with Crippen LogP contribution in [0.5, 0.6) is 0 Å². The smallest absolute Gasteiger partial charge is 0.219 e. The normalized spacial score (nSPS) is 11.4. The van der Waals surface area contributed by atoms with Crippen molar-refractivity contribution in [3.8, 4) is 44.6 Å². The molecule has 0 aliphatic carbocycles. The van der Waals surface area contributed by atoms with Crippen LogP contribution in [0.25, 0.3) is 66.6 Å². The predicted octanol–water partition coefficient (Wildman–Crippen LogP) is 9.67. The molecule has 0 atom stereocenters. The molecule has 0 saturated heterocycles. The lowest BCUT2D eigenvalue weighted by atomic mass is 9.96. The molecule has 2 nitrogen and oxygen atoms in total. The number of pyridine rings is 1. The van der Waals surface area contributed by atoms with Gasteiger partial charge in [0, 0.05) is 22.9 Å². The second-order valence-electron chi connectivity index (χ2n) is 10.4. The lowest BCUT2D eigenvalue weighted by molar-refractivity contribution is -0.660. The van der Waals surface area contributed by atoms with E-state index in [9.17, 15) is 4.39 Å². The summed E-state index contributed by atoms with van der Waals surface area (Å²) in [6.45, 7) is 1.97. The number of halogens is 2. The van der Waals surface area contributed by atoms with E-state index in [1.165, 1.54) is 23.8 Å². The van der Waals surface area contributed by atoms with Crippen LogP contribution in [0, 0.1) is 18.6 Å². The Morgan fingerprint density at radius 1 is 0.561 bits per heavy atom. The number of rotatable bonds is 4. The van der Waals surface area contributed by atoms with E-state index in [0.717, 1.165) is 44.2 Å². The van der Waals surface area contributed by atoms with E-state index in [-0.39, 0.29) is 11.6 Å². The molecule has 198 valence electrons. The van der Waals surface area contributed by atoms with E-state index >= 15 is 4.39 Å². The summed E-state index contributed by atoms with van der Waals surface area (Å²) < 4.78 is 38.1. The summed E-state index contributed by atoms with van der Waals surface area (Å²) in [5.41, 5.74) is 9.13. The first-order valence-electron chi connectivity index (χ1n) is 13.5. The Morgan fingerprint density at radius 2 is 1.10 bits per heavy atom. The van der Waals surface area contributed by atoms with Gasteiger partial charge < -0.3 is 4.42 Å². The molecule has 0 aliphatic heterocycles. The van der Waals surface area contributed by atoms with Gasteiger partial charge in [-0.25, -0.2) is 13.3 Å². The Labute approximate surface area is 236 Å². The number of aryl methyl sites for hydroxylation is 2. The highest BCUT2D eigenvalue weighted by Crippen LogP contribution is 2.42. The molecule has 0 spiro atoms. The molecule has 4 heteroatoms. The van der Waals surface area contributed by atoms with E-state index in [4.69, 9.17) is 4.42 Å². The molecule has 0 bridgehead atoms. The summed E-state index contributed by atoms with van der Waals surface area (Å²) in [6, 6.07) is 36.8. The maximum absolute atomic E-state index is 15.5. The molecule has 0 aliphatic rings. The Balaban J connectivity index is 1.33. The van der Waals surface area contributed by atoms with Crippen LogP contribution < -0.4 is 4.57 Å². The van der Waals surface area contributed by atoms with E-state index < -0.39 is 0 Å². The molecule has 0 radical (unpaired) electrons. The average molecular weight is 539 g/mol. The van der Waals surface area contributed by atoms with Crippen LogP contribution in [0.1, 0.15) is 5.56 Å². The molecular formula is C37H26F2NO+. The molecule has 0 N–H and O–H groups in total. The third-order valence-corrected chi connectivity index (χ3v) is 7.83. The standard InChI is InChI=1S/C37H26F2NO/c1-23-8-17-30-31-18-19-32(39)35(37(31)41-36(30)34(23)33-22-29(38)20-21-40(33)2)28-15-13-27(14-16-28)26-11-9-25(10-12-26)24-6-4-3-5-7-24/h3-22H,1-2H3/q+1. The van der Waals surface area contributed by atoms with Crippen molar-refractivity contribution in [2.24, 2.45) is 7.05 Å². The number of fused-ring (bicyclic) bond motifs is 3. The number of nitrogens with zero attached hydrogens (tertiary/aromatic N) is 1. The van der Waals surface area contributed by atoms with E-state index in [1.54, 1.807) is 12.3 Å². The van der Waals surface area contributed by atoms with Crippen molar-refractivity contribution in [2.75, 3.05) is 0 Å². The van der Waals surface area contributed by atoms with Crippen molar-refractivity contribution in [1.29, 1.82) is 0 Å². The first-order valence-corrected chi connectivity index (χ1v) is 13.5. The zero-order valence-electron chi connectivity index (χ0n) is 22.7. The average Bonchev–Trinajstić information content (AvgIpc) is 3.37. The van der Waals surface area contributed by atoms with Gasteiger partial charge in [0.25, 0.3) is 0 Å². The topological polar surface area (TPSA) is 17.0 Å². The largest absolute Gasteiger partial charge is 0.454 e. The maximum Gasteiger partial charge on any atom is 0.219 e. The molecule has 5 aromatic carbocycles. The van der Waals surface area contributed by atoms with E-state index in [0.29, 0.717) is 22.4 Å². The molecule has 0 unspecified atom stereocenters. The fourth-order valence-electron chi connectivity index (χ4n) is 5.67. The lowest BCUT2D eigenvalue weighted by Gasteiger charge is -2.08. The fraction of sp³-hybridized carbons (Fsp3) is 0.0541. The maximum atomic E-state index is 15.5. The van der Waals surface area contributed by atoms with Crippen LogP contribution >= 0.6 is 0 Å². The van der Waals surface area contributed by atoms with Gasteiger partial charge in [-0.1, -0.05) is 91.0 Å². The van der Waals surface area contributed by atoms with E-state index in [2.05, 4.69) is 36.4 Å². The van der Waals surface area contributed by atoms with Gasteiger partial charge in [0.05, 0.1) is 11.1 Å². The predicted molar refractivity (Wildman–Crippen MR) is 161 cm³/mol. The molecule has 2 heterocycles.